The third-order valence-electron chi connectivity index (χ3n) is 2.10. The van der Waals surface area contributed by atoms with Gasteiger partial charge in [-0.15, -0.1) is 11.3 Å². The quantitative estimate of drug-likeness (QED) is 0.822. The van der Waals surface area contributed by atoms with Gasteiger partial charge in [0.25, 0.3) is 0 Å². The first kappa shape index (κ1) is 10.3. The summed E-state index contributed by atoms with van der Waals surface area (Å²) in [6, 6.07) is 0.162. The van der Waals surface area contributed by atoms with Crippen LogP contribution in [0, 0.1) is 6.92 Å². The van der Waals surface area contributed by atoms with Crippen molar-refractivity contribution in [3.63, 3.8) is 0 Å². The van der Waals surface area contributed by atoms with Gasteiger partial charge in [-0.1, -0.05) is 0 Å². The predicted octanol–water partition coefficient (Wildman–Crippen LogP) is 1.42. The standard InChI is InChI=1S/C9H13N5S/c1-6(9-11-5-12-14-9)10-3-8-4-15-7(2)13-8/h4-6,10H,3H2,1-2H3,(H,11,12,14). The first-order valence-electron chi connectivity index (χ1n) is 4.75. The second-order valence-corrected chi connectivity index (χ2v) is 4.39. The van der Waals surface area contributed by atoms with Crippen molar-refractivity contribution in [3.8, 4) is 0 Å². The molecule has 0 aromatic carbocycles. The molecule has 15 heavy (non-hydrogen) atoms. The van der Waals surface area contributed by atoms with Crippen LogP contribution >= 0.6 is 11.3 Å². The monoisotopic (exact) mass is 223 g/mol. The van der Waals surface area contributed by atoms with Crippen LogP contribution in [0.3, 0.4) is 0 Å². The van der Waals surface area contributed by atoms with Crippen LogP contribution in [-0.2, 0) is 6.54 Å². The molecule has 5 nitrogen and oxygen atoms in total. The Morgan fingerprint density at radius 2 is 2.47 bits per heavy atom. The molecule has 1 atom stereocenters. The third-order valence-corrected chi connectivity index (χ3v) is 2.92. The summed E-state index contributed by atoms with van der Waals surface area (Å²) in [4.78, 5) is 8.46. The summed E-state index contributed by atoms with van der Waals surface area (Å²) in [5.41, 5.74) is 1.07. The second kappa shape index (κ2) is 4.50. The maximum atomic E-state index is 4.37. The van der Waals surface area contributed by atoms with E-state index < -0.39 is 0 Å². The average molecular weight is 223 g/mol. The van der Waals surface area contributed by atoms with Gasteiger partial charge in [-0.25, -0.2) is 9.97 Å². The van der Waals surface area contributed by atoms with E-state index in [-0.39, 0.29) is 6.04 Å². The van der Waals surface area contributed by atoms with Crippen molar-refractivity contribution in [2.45, 2.75) is 26.4 Å². The van der Waals surface area contributed by atoms with Gasteiger partial charge in [-0.3, -0.25) is 5.10 Å². The lowest BCUT2D eigenvalue weighted by Gasteiger charge is -2.08. The van der Waals surface area contributed by atoms with Crippen LogP contribution in [0.1, 0.15) is 29.5 Å². The van der Waals surface area contributed by atoms with E-state index in [2.05, 4.69) is 30.9 Å². The van der Waals surface area contributed by atoms with Crippen LogP contribution < -0.4 is 5.32 Å². The highest BCUT2D eigenvalue weighted by molar-refractivity contribution is 7.09. The molecule has 0 radical (unpaired) electrons. The summed E-state index contributed by atoms with van der Waals surface area (Å²) < 4.78 is 0. The highest BCUT2D eigenvalue weighted by Gasteiger charge is 2.07. The maximum Gasteiger partial charge on any atom is 0.141 e. The molecule has 2 aromatic heterocycles. The van der Waals surface area contributed by atoms with Gasteiger partial charge in [0.05, 0.1) is 16.7 Å². The Morgan fingerprint density at radius 3 is 3.07 bits per heavy atom. The van der Waals surface area contributed by atoms with Crippen molar-refractivity contribution < 1.29 is 0 Å². The number of H-pyrrole nitrogens is 1. The van der Waals surface area contributed by atoms with E-state index in [9.17, 15) is 0 Å². The lowest BCUT2D eigenvalue weighted by Crippen LogP contribution is -2.19. The molecule has 0 aliphatic carbocycles. The Balaban J connectivity index is 1.88. The summed E-state index contributed by atoms with van der Waals surface area (Å²) >= 11 is 1.67. The van der Waals surface area contributed by atoms with E-state index in [1.807, 2.05) is 13.8 Å². The number of nitrogens with one attached hydrogen (secondary N) is 2. The van der Waals surface area contributed by atoms with E-state index in [0.717, 1.165) is 23.1 Å². The Kier molecular flexibility index (Phi) is 3.08. The van der Waals surface area contributed by atoms with Crippen LogP contribution in [-0.4, -0.2) is 20.2 Å². The molecule has 1 unspecified atom stereocenters. The lowest BCUT2D eigenvalue weighted by molar-refractivity contribution is 0.543. The van der Waals surface area contributed by atoms with Gasteiger partial charge in [-0.05, 0) is 13.8 Å². The molecule has 0 spiro atoms. The minimum absolute atomic E-state index is 0.162. The molecule has 0 aliphatic heterocycles. The van der Waals surface area contributed by atoms with Crippen molar-refractivity contribution in [3.05, 3.63) is 28.2 Å². The number of aryl methyl sites for hydroxylation is 1. The number of rotatable bonds is 4. The van der Waals surface area contributed by atoms with Gasteiger partial charge in [-0.2, -0.15) is 5.10 Å². The number of hydrogen-bond acceptors (Lipinski definition) is 5. The SMILES string of the molecule is Cc1nc(CNC(C)c2ncn[nH]2)cs1. The molecule has 0 amide bonds. The molecule has 80 valence electrons. The minimum Gasteiger partial charge on any atom is -0.302 e. The van der Waals surface area contributed by atoms with Gasteiger partial charge in [0.1, 0.15) is 12.2 Å². The first-order chi connectivity index (χ1) is 7.25. The summed E-state index contributed by atoms with van der Waals surface area (Å²) in [5.74, 6) is 0.849. The molecule has 0 saturated carbocycles. The number of aromatic amines is 1. The predicted molar refractivity (Wildman–Crippen MR) is 58.5 cm³/mol. The molecule has 2 rings (SSSR count). The van der Waals surface area contributed by atoms with E-state index in [1.54, 1.807) is 11.3 Å². The zero-order valence-corrected chi connectivity index (χ0v) is 9.51. The maximum absolute atomic E-state index is 4.37. The smallest absolute Gasteiger partial charge is 0.141 e. The Hall–Kier alpha value is -1.27. The van der Waals surface area contributed by atoms with Crippen LogP contribution in [0.15, 0.2) is 11.7 Å². The van der Waals surface area contributed by atoms with Gasteiger partial charge >= 0.3 is 0 Å². The van der Waals surface area contributed by atoms with Crippen LogP contribution in [0.4, 0.5) is 0 Å². The van der Waals surface area contributed by atoms with Crippen molar-refractivity contribution in [1.82, 2.24) is 25.5 Å². The van der Waals surface area contributed by atoms with E-state index in [4.69, 9.17) is 0 Å². The zero-order chi connectivity index (χ0) is 10.7. The van der Waals surface area contributed by atoms with Crippen molar-refractivity contribution >= 4 is 11.3 Å². The van der Waals surface area contributed by atoms with Crippen LogP contribution in [0.2, 0.25) is 0 Å². The number of hydrogen-bond donors (Lipinski definition) is 2. The fourth-order valence-electron chi connectivity index (χ4n) is 1.27. The van der Waals surface area contributed by atoms with E-state index >= 15 is 0 Å². The highest BCUT2D eigenvalue weighted by Crippen LogP contribution is 2.10. The largest absolute Gasteiger partial charge is 0.302 e. The molecule has 2 aromatic rings. The number of aromatic nitrogens is 4. The molecular formula is C9H13N5S. The van der Waals surface area contributed by atoms with Crippen molar-refractivity contribution in [2.24, 2.45) is 0 Å². The normalized spacial score (nSPS) is 12.9. The fraction of sp³-hybridized carbons (Fsp3) is 0.444. The average Bonchev–Trinajstić information content (AvgIpc) is 2.84. The summed E-state index contributed by atoms with van der Waals surface area (Å²) in [7, 11) is 0. The Morgan fingerprint density at radius 1 is 1.60 bits per heavy atom. The highest BCUT2D eigenvalue weighted by atomic mass is 32.1. The molecule has 0 aliphatic rings. The van der Waals surface area contributed by atoms with E-state index in [0.29, 0.717) is 0 Å². The summed E-state index contributed by atoms with van der Waals surface area (Å²) in [5, 5.41) is 13.1. The van der Waals surface area contributed by atoms with Gasteiger partial charge < -0.3 is 5.32 Å². The molecule has 6 heteroatoms. The lowest BCUT2D eigenvalue weighted by atomic mass is 10.3. The summed E-state index contributed by atoms with van der Waals surface area (Å²) in [6.45, 7) is 4.81. The van der Waals surface area contributed by atoms with Gasteiger partial charge in [0.15, 0.2) is 0 Å². The Labute approximate surface area is 92.0 Å². The Bertz CT molecular complexity index is 408. The fourth-order valence-corrected chi connectivity index (χ4v) is 1.88. The van der Waals surface area contributed by atoms with Crippen LogP contribution in [0.25, 0.3) is 0 Å². The van der Waals surface area contributed by atoms with Crippen molar-refractivity contribution in [2.75, 3.05) is 0 Å². The van der Waals surface area contributed by atoms with E-state index in [1.165, 1.54) is 6.33 Å². The molecule has 2 heterocycles. The first-order valence-corrected chi connectivity index (χ1v) is 5.63. The molecule has 2 N–H and O–H groups in total. The molecular weight excluding hydrogens is 210 g/mol. The molecule has 0 saturated heterocycles. The number of thiazole rings is 1. The van der Waals surface area contributed by atoms with Gasteiger partial charge in [0, 0.05) is 11.9 Å². The minimum atomic E-state index is 0.162. The van der Waals surface area contributed by atoms with Crippen LogP contribution in [0.5, 0.6) is 0 Å². The van der Waals surface area contributed by atoms with Crippen molar-refractivity contribution in [1.29, 1.82) is 0 Å². The topological polar surface area (TPSA) is 66.5 Å². The third kappa shape index (κ3) is 2.60. The molecule has 0 fully saturated rings. The van der Waals surface area contributed by atoms with Gasteiger partial charge in [0.2, 0.25) is 0 Å². The number of nitrogens with zero attached hydrogens (tertiary/aromatic N) is 3. The summed E-state index contributed by atoms with van der Waals surface area (Å²) in [6.07, 6.45) is 1.51. The zero-order valence-electron chi connectivity index (χ0n) is 8.69. The molecule has 0 bridgehead atoms. The second-order valence-electron chi connectivity index (χ2n) is 3.33.